The summed E-state index contributed by atoms with van der Waals surface area (Å²) < 4.78 is 5.07. The molecule has 0 spiro atoms. The molecule has 0 aliphatic carbocycles. The molecule has 2 aromatic carbocycles. The van der Waals surface area contributed by atoms with Crippen LogP contribution in [0.15, 0.2) is 48.5 Å². The lowest BCUT2D eigenvalue weighted by atomic mass is 10.2. The molecule has 0 aromatic heterocycles. The molecule has 0 radical (unpaired) electrons. The Morgan fingerprint density at radius 1 is 1.14 bits per heavy atom. The summed E-state index contributed by atoms with van der Waals surface area (Å²) in [5, 5.41) is 6.50. The van der Waals surface area contributed by atoms with Gasteiger partial charge in [-0.05, 0) is 43.3 Å². The number of para-hydroxylation sites is 1. The van der Waals surface area contributed by atoms with Gasteiger partial charge >= 0.3 is 0 Å². The summed E-state index contributed by atoms with van der Waals surface area (Å²) in [6.07, 6.45) is 0. The highest BCUT2D eigenvalue weighted by Crippen LogP contribution is 2.21. The number of hydrogen-bond donors (Lipinski definition) is 2. The Hall–Kier alpha value is -2.20. The van der Waals surface area contributed by atoms with Crippen LogP contribution >= 0.6 is 11.6 Å². The van der Waals surface area contributed by atoms with E-state index in [0.29, 0.717) is 10.7 Å². The molecule has 21 heavy (non-hydrogen) atoms. The molecule has 0 saturated heterocycles. The van der Waals surface area contributed by atoms with Crippen molar-refractivity contribution in [2.24, 2.45) is 0 Å². The maximum absolute atomic E-state index is 12.1. The van der Waals surface area contributed by atoms with Crippen molar-refractivity contribution in [1.82, 2.24) is 0 Å². The maximum atomic E-state index is 12.1. The van der Waals surface area contributed by atoms with Gasteiger partial charge in [0.2, 0.25) is 5.91 Å². The summed E-state index contributed by atoms with van der Waals surface area (Å²) in [7, 11) is 1.60. The van der Waals surface area contributed by atoms with E-state index < -0.39 is 6.04 Å². The van der Waals surface area contributed by atoms with E-state index in [4.69, 9.17) is 16.3 Å². The fraction of sp³-hybridized carbons (Fsp3) is 0.188. The highest BCUT2D eigenvalue weighted by atomic mass is 35.5. The summed E-state index contributed by atoms with van der Waals surface area (Å²) in [5.74, 6) is 0.607. The van der Waals surface area contributed by atoms with Crippen LogP contribution in [0, 0.1) is 0 Å². The van der Waals surface area contributed by atoms with Gasteiger partial charge in [-0.1, -0.05) is 23.7 Å². The third-order valence-corrected chi connectivity index (χ3v) is 3.33. The van der Waals surface area contributed by atoms with Crippen LogP contribution in [-0.2, 0) is 4.79 Å². The number of benzene rings is 2. The summed E-state index contributed by atoms with van der Waals surface area (Å²) in [6, 6.07) is 14.1. The van der Waals surface area contributed by atoms with Gasteiger partial charge < -0.3 is 15.4 Å². The number of nitrogens with one attached hydrogen (secondary N) is 2. The van der Waals surface area contributed by atoms with Gasteiger partial charge in [-0.2, -0.15) is 0 Å². The van der Waals surface area contributed by atoms with E-state index in [-0.39, 0.29) is 5.91 Å². The van der Waals surface area contributed by atoms with Crippen LogP contribution in [-0.4, -0.2) is 19.1 Å². The van der Waals surface area contributed by atoms with Crippen LogP contribution in [0.2, 0.25) is 5.02 Å². The predicted molar refractivity (Wildman–Crippen MR) is 86.2 cm³/mol. The Kier molecular flexibility index (Phi) is 5.06. The summed E-state index contributed by atoms with van der Waals surface area (Å²) in [4.78, 5) is 12.1. The fourth-order valence-corrected chi connectivity index (χ4v) is 1.99. The Morgan fingerprint density at radius 2 is 1.81 bits per heavy atom. The van der Waals surface area contributed by atoms with E-state index >= 15 is 0 Å². The molecule has 0 fully saturated rings. The lowest BCUT2D eigenvalue weighted by Crippen LogP contribution is -2.31. The summed E-state index contributed by atoms with van der Waals surface area (Å²) in [5.41, 5.74) is 1.45. The zero-order valence-electron chi connectivity index (χ0n) is 11.9. The first-order valence-electron chi connectivity index (χ1n) is 6.56. The molecule has 2 rings (SSSR count). The van der Waals surface area contributed by atoms with Crippen molar-refractivity contribution in [3.8, 4) is 5.75 Å². The topological polar surface area (TPSA) is 50.4 Å². The third-order valence-electron chi connectivity index (χ3n) is 3.00. The number of methoxy groups -OCH3 is 1. The second-order valence-corrected chi connectivity index (χ2v) is 4.97. The number of halogens is 1. The van der Waals surface area contributed by atoms with E-state index in [1.54, 1.807) is 44.4 Å². The van der Waals surface area contributed by atoms with Gasteiger partial charge in [-0.25, -0.2) is 0 Å². The Bertz CT molecular complexity index is 614. The van der Waals surface area contributed by atoms with Crippen LogP contribution in [0.3, 0.4) is 0 Å². The Labute approximate surface area is 129 Å². The van der Waals surface area contributed by atoms with Crippen LogP contribution in [0.5, 0.6) is 5.75 Å². The minimum atomic E-state index is -0.410. The Balaban J connectivity index is 1.97. The van der Waals surface area contributed by atoms with Crippen molar-refractivity contribution in [3.05, 3.63) is 53.6 Å². The number of carbonyl (C=O) groups excluding carboxylic acids is 1. The smallest absolute Gasteiger partial charge is 0.246 e. The van der Waals surface area contributed by atoms with Gasteiger partial charge in [0.25, 0.3) is 0 Å². The largest absolute Gasteiger partial charge is 0.497 e. The average molecular weight is 305 g/mol. The van der Waals surface area contributed by atoms with Crippen LogP contribution in [0.25, 0.3) is 0 Å². The van der Waals surface area contributed by atoms with Gasteiger partial charge in [-0.15, -0.1) is 0 Å². The van der Waals surface area contributed by atoms with Crippen molar-refractivity contribution in [3.63, 3.8) is 0 Å². The van der Waals surface area contributed by atoms with Crippen molar-refractivity contribution >= 4 is 28.9 Å². The lowest BCUT2D eigenvalue weighted by molar-refractivity contribution is -0.116. The molecule has 1 amide bonds. The number of ether oxygens (including phenoxy) is 1. The predicted octanol–water partition coefficient (Wildman–Crippen LogP) is 3.79. The normalized spacial score (nSPS) is 11.6. The van der Waals surface area contributed by atoms with E-state index in [0.717, 1.165) is 11.4 Å². The number of amides is 1. The van der Waals surface area contributed by atoms with Crippen molar-refractivity contribution in [1.29, 1.82) is 0 Å². The van der Waals surface area contributed by atoms with Gasteiger partial charge in [0, 0.05) is 5.69 Å². The van der Waals surface area contributed by atoms with Crippen molar-refractivity contribution < 1.29 is 9.53 Å². The first-order valence-corrected chi connectivity index (χ1v) is 6.94. The summed E-state index contributed by atoms with van der Waals surface area (Å²) >= 11 is 6.06. The molecular weight excluding hydrogens is 288 g/mol. The molecule has 5 heteroatoms. The highest BCUT2D eigenvalue weighted by molar-refractivity contribution is 6.33. The quantitative estimate of drug-likeness (QED) is 0.883. The molecule has 1 atom stereocenters. The molecule has 110 valence electrons. The summed E-state index contributed by atoms with van der Waals surface area (Å²) in [6.45, 7) is 1.78. The minimum Gasteiger partial charge on any atom is -0.497 e. The first-order chi connectivity index (χ1) is 10.1. The molecule has 0 saturated carbocycles. The molecule has 4 nitrogen and oxygen atoms in total. The number of carbonyl (C=O) groups is 1. The SMILES string of the molecule is COc1ccc(NC(=O)[C@H](C)Nc2ccccc2Cl)cc1. The van der Waals surface area contributed by atoms with Crippen LogP contribution in [0.1, 0.15) is 6.92 Å². The number of anilines is 2. The average Bonchev–Trinajstić information content (AvgIpc) is 2.50. The van der Waals surface area contributed by atoms with Crippen molar-refractivity contribution in [2.75, 3.05) is 17.7 Å². The van der Waals surface area contributed by atoms with Gasteiger partial charge in [0.05, 0.1) is 17.8 Å². The second kappa shape index (κ2) is 6.99. The van der Waals surface area contributed by atoms with Gasteiger partial charge in [0.1, 0.15) is 11.8 Å². The first kappa shape index (κ1) is 15.2. The van der Waals surface area contributed by atoms with Crippen molar-refractivity contribution in [2.45, 2.75) is 13.0 Å². The second-order valence-electron chi connectivity index (χ2n) is 4.56. The molecule has 0 unspecified atom stereocenters. The maximum Gasteiger partial charge on any atom is 0.246 e. The zero-order chi connectivity index (χ0) is 15.2. The molecule has 0 aliphatic heterocycles. The standard InChI is InChI=1S/C16H17ClN2O2/c1-11(18-15-6-4-3-5-14(15)17)16(20)19-12-7-9-13(21-2)10-8-12/h3-11,18H,1-2H3,(H,19,20)/t11-/m0/s1. The Morgan fingerprint density at radius 3 is 2.43 bits per heavy atom. The molecule has 0 heterocycles. The molecule has 2 aromatic rings. The monoisotopic (exact) mass is 304 g/mol. The third kappa shape index (κ3) is 4.13. The highest BCUT2D eigenvalue weighted by Gasteiger charge is 2.13. The van der Waals surface area contributed by atoms with Gasteiger partial charge in [-0.3, -0.25) is 4.79 Å². The van der Waals surface area contributed by atoms with Crippen LogP contribution in [0.4, 0.5) is 11.4 Å². The number of hydrogen-bond acceptors (Lipinski definition) is 3. The molecule has 0 bridgehead atoms. The molecular formula is C16H17ClN2O2. The van der Waals surface area contributed by atoms with Crippen LogP contribution < -0.4 is 15.4 Å². The number of rotatable bonds is 5. The van der Waals surface area contributed by atoms with E-state index in [1.807, 2.05) is 18.2 Å². The lowest BCUT2D eigenvalue weighted by Gasteiger charge is -2.16. The van der Waals surface area contributed by atoms with E-state index in [2.05, 4.69) is 10.6 Å². The van der Waals surface area contributed by atoms with E-state index in [9.17, 15) is 4.79 Å². The molecule has 2 N–H and O–H groups in total. The fourth-order valence-electron chi connectivity index (χ4n) is 1.80. The van der Waals surface area contributed by atoms with Gasteiger partial charge in [0.15, 0.2) is 0 Å². The molecule has 0 aliphatic rings. The zero-order valence-corrected chi connectivity index (χ0v) is 12.6. The van der Waals surface area contributed by atoms with E-state index in [1.165, 1.54) is 0 Å². The minimum absolute atomic E-state index is 0.139.